The van der Waals surface area contributed by atoms with Crippen molar-refractivity contribution in [3.05, 3.63) is 64.2 Å². The minimum Gasteiger partial charge on any atom is -0.481 e. The highest BCUT2D eigenvalue weighted by atomic mass is 32.2. The summed E-state index contributed by atoms with van der Waals surface area (Å²) in [5.74, 6) is -0.873. The second kappa shape index (κ2) is 12.7. The smallest absolute Gasteiger partial charge is 0.347 e. The molecule has 0 amide bonds. The Hall–Kier alpha value is -3.78. The minimum atomic E-state index is -0.884. The van der Waals surface area contributed by atoms with Gasteiger partial charge in [-0.05, 0) is 61.0 Å². The number of hydrogen-bond donors (Lipinski definition) is 0. The number of carbonyl (C=O) groups is 2. The Labute approximate surface area is 181 Å². The molecule has 0 saturated carbocycles. The quantitative estimate of drug-likeness (QED) is 0.0906. The lowest BCUT2D eigenvalue weighted by molar-refractivity contribution is -0.757. The maximum atomic E-state index is 12.5. The summed E-state index contributed by atoms with van der Waals surface area (Å²) in [6.45, 7) is -0.431. The van der Waals surface area contributed by atoms with Crippen LogP contribution in [0.4, 0.5) is 0 Å². The molecule has 0 fully saturated rings. The van der Waals surface area contributed by atoms with E-state index in [9.17, 15) is 19.7 Å². The average Bonchev–Trinajstić information content (AvgIpc) is 2.76. The molecule has 11 heteroatoms. The molecular weight excluding hydrogens is 428 g/mol. The monoisotopic (exact) mass is 446 g/mol. The normalized spacial score (nSPS) is 9.90. The first kappa shape index (κ1) is 23.5. The number of unbranched alkanes of at least 4 members (excludes halogenated alkanes) is 1. The number of nitriles is 1. The largest absolute Gasteiger partial charge is 0.481 e. The van der Waals surface area contributed by atoms with E-state index in [1.54, 1.807) is 36.4 Å². The van der Waals surface area contributed by atoms with Crippen LogP contribution in [-0.2, 0) is 14.4 Å². The van der Waals surface area contributed by atoms with Gasteiger partial charge in [-0.3, -0.25) is 0 Å². The molecule has 0 aliphatic heterocycles. The molecule has 10 nitrogen and oxygen atoms in total. The summed E-state index contributed by atoms with van der Waals surface area (Å²) in [6.07, 6.45) is 0.758. The van der Waals surface area contributed by atoms with Crippen molar-refractivity contribution in [1.29, 1.82) is 5.26 Å². The summed E-state index contributed by atoms with van der Waals surface area (Å²) in [5, 5.41) is 19.7. The van der Waals surface area contributed by atoms with Crippen LogP contribution in [0.2, 0.25) is 0 Å². The second-order valence-electron chi connectivity index (χ2n) is 5.82. The van der Waals surface area contributed by atoms with Gasteiger partial charge < -0.3 is 19.0 Å². The predicted molar refractivity (Wildman–Crippen MR) is 108 cm³/mol. The Kier molecular flexibility index (Phi) is 9.64. The number of nitrogens with zero attached hydrogens (tertiary/aromatic N) is 2. The zero-order valence-corrected chi connectivity index (χ0v) is 17.0. The van der Waals surface area contributed by atoms with Gasteiger partial charge in [-0.25, -0.2) is 9.59 Å². The molecule has 0 atom stereocenters. The van der Waals surface area contributed by atoms with Crippen LogP contribution in [0.15, 0.2) is 53.4 Å². The standard InChI is InChI=1S/C20H18N2O8S/c21-14-31-16-9-7-15(8-10-16)30-20(24)17-5-1-2-6-18(17)28-13-19(23)27-11-3-4-12-29-22(25)26/h1-2,5-10H,3-4,11-13H2. The molecule has 0 aliphatic carbocycles. The fourth-order valence-electron chi connectivity index (χ4n) is 2.26. The van der Waals surface area contributed by atoms with Crippen molar-refractivity contribution < 1.29 is 33.7 Å². The first-order valence-corrected chi connectivity index (χ1v) is 9.84. The van der Waals surface area contributed by atoms with Crippen LogP contribution in [0.1, 0.15) is 23.2 Å². The van der Waals surface area contributed by atoms with Crippen LogP contribution in [0, 0.1) is 20.8 Å². The average molecular weight is 446 g/mol. The van der Waals surface area contributed by atoms with Crippen molar-refractivity contribution in [2.75, 3.05) is 19.8 Å². The first-order valence-electron chi connectivity index (χ1n) is 9.02. The molecule has 0 heterocycles. The van der Waals surface area contributed by atoms with E-state index < -0.39 is 23.6 Å². The van der Waals surface area contributed by atoms with E-state index in [1.807, 2.05) is 5.40 Å². The van der Waals surface area contributed by atoms with Gasteiger partial charge in [0.1, 0.15) is 22.5 Å². The third-order valence-electron chi connectivity index (χ3n) is 3.65. The SMILES string of the molecule is N#CSc1ccc(OC(=O)c2ccccc2OCC(=O)OCCCCO[N+](=O)[O-])cc1. The minimum absolute atomic E-state index is 0.0625. The first-order chi connectivity index (χ1) is 15.0. The molecule has 0 unspecified atom stereocenters. The van der Waals surface area contributed by atoms with Gasteiger partial charge in [-0.1, -0.05) is 12.1 Å². The van der Waals surface area contributed by atoms with E-state index in [4.69, 9.17) is 19.5 Å². The van der Waals surface area contributed by atoms with Crippen molar-refractivity contribution in [1.82, 2.24) is 0 Å². The number of rotatable bonds is 12. The van der Waals surface area contributed by atoms with Crippen LogP contribution >= 0.6 is 11.8 Å². The van der Waals surface area contributed by atoms with E-state index in [0.717, 1.165) is 16.7 Å². The van der Waals surface area contributed by atoms with Crippen molar-refractivity contribution in [2.24, 2.45) is 0 Å². The molecular formula is C20H18N2O8S. The van der Waals surface area contributed by atoms with E-state index in [-0.39, 0.29) is 24.5 Å². The van der Waals surface area contributed by atoms with Crippen molar-refractivity contribution in [3.63, 3.8) is 0 Å². The third-order valence-corrected chi connectivity index (χ3v) is 4.25. The molecule has 31 heavy (non-hydrogen) atoms. The lowest BCUT2D eigenvalue weighted by atomic mass is 10.2. The highest BCUT2D eigenvalue weighted by Gasteiger charge is 2.16. The Balaban J connectivity index is 1.83. The summed E-state index contributed by atoms with van der Waals surface area (Å²) in [6, 6.07) is 12.7. The zero-order chi connectivity index (χ0) is 22.5. The maximum absolute atomic E-state index is 12.5. The van der Waals surface area contributed by atoms with Gasteiger partial charge in [0.05, 0.1) is 13.2 Å². The van der Waals surface area contributed by atoms with Gasteiger partial charge in [0, 0.05) is 4.90 Å². The summed E-state index contributed by atoms with van der Waals surface area (Å²) in [7, 11) is 0. The molecule has 0 spiro atoms. The van der Waals surface area contributed by atoms with Crippen LogP contribution in [0.25, 0.3) is 0 Å². The summed E-state index contributed by atoms with van der Waals surface area (Å²) < 4.78 is 15.7. The highest BCUT2D eigenvalue weighted by Crippen LogP contribution is 2.23. The van der Waals surface area contributed by atoms with E-state index in [1.165, 1.54) is 12.1 Å². The number of para-hydroxylation sites is 1. The third kappa shape index (κ3) is 8.63. The Morgan fingerprint density at radius 3 is 2.48 bits per heavy atom. The maximum Gasteiger partial charge on any atom is 0.347 e. The highest BCUT2D eigenvalue weighted by molar-refractivity contribution is 8.03. The molecule has 0 radical (unpaired) electrons. The van der Waals surface area contributed by atoms with Gasteiger partial charge in [0.2, 0.25) is 0 Å². The fourth-order valence-corrected chi connectivity index (χ4v) is 2.64. The lowest BCUT2D eigenvalue weighted by Gasteiger charge is -2.11. The van der Waals surface area contributed by atoms with Crippen LogP contribution in [0.5, 0.6) is 11.5 Å². The molecule has 2 aromatic carbocycles. The van der Waals surface area contributed by atoms with Crippen LogP contribution in [0.3, 0.4) is 0 Å². The second-order valence-corrected chi connectivity index (χ2v) is 6.68. The number of hydrogen-bond acceptors (Lipinski definition) is 10. The molecule has 0 bridgehead atoms. The molecule has 0 aliphatic rings. The van der Waals surface area contributed by atoms with Gasteiger partial charge in [0.15, 0.2) is 6.61 Å². The fraction of sp³-hybridized carbons (Fsp3) is 0.250. The van der Waals surface area contributed by atoms with Crippen LogP contribution < -0.4 is 9.47 Å². The Bertz CT molecular complexity index is 943. The van der Waals surface area contributed by atoms with Crippen molar-refractivity contribution in [3.8, 4) is 16.9 Å². The van der Waals surface area contributed by atoms with E-state index in [0.29, 0.717) is 18.6 Å². The van der Waals surface area contributed by atoms with Crippen molar-refractivity contribution in [2.45, 2.75) is 17.7 Å². The molecule has 0 aromatic heterocycles. The Morgan fingerprint density at radius 1 is 1.06 bits per heavy atom. The molecule has 2 aromatic rings. The Morgan fingerprint density at radius 2 is 1.77 bits per heavy atom. The van der Waals surface area contributed by atoms with Gasteiger partial charge in [-0.15, -0.1) is 10.1 Å². The number of thiocyanates is 1. The number of esters is 2. The van der Waals surface area contributed by atoms with Gasteiger partial charge >= 0.3 is 11.9 Å². The summed E-state index contributed by atoms with van der Waals surface area (Å²) >= 11 is 0.989. The molecule has 162 valence electrons. The number of carbonyl (C=O) groups excluding carboxylic acids is 2. The topological polar surface area (TPSA) is 138 Å². The number of ether oxygens (including phenoxy) is 3. The van der Waals surface area contributed by atoms with Crippen LogP contribution in [-0.4, -0.2) is 36.8 Å². The van der Waals surface area contributed by atoms with Gasteiger partial charge in [-0.2, -0.15) is 5.26 Å². The molecule has 0 N–H and O–H groups in total. The summed E-state index contributed by atoms with van der Waals surface area (Å²) in [5.41, 5.74) is 0.128. The van der Waals surface area contributed by atoms with Crippen molar-refractivity contribution >= 4 is 23.7 Å². The molecule has 2 rings (SSSR count). The zero-order valence-electron chi connectivity index (χ0n) is 16.2. The van der Waals surface area contributed by atoms with Gasteiger partial charge in [0.25, 0.3) is 5.09 Å². The predicted octanol–water partition coefficient (Wildman–Crippen LogP) is 3.39. The number of benzene rings is 2. The molecule has 0 saturated heterocycles. The van der Waals surface area contributed by atoms with E-state index >= 15 is 0 Å². The lowest BCUT2D eigenvalue weighted by Crippen LogP contribution is -2.18. The van der Waals surface area contributed by atoms with E-state index in [2.05, 4.69) is 4.84 Å². The summed E-state index contributed by atoms with van der Waals surface area (Å²) in [4.78, 5) is 39.1. The number of thioether (sulfide) groups is 1.